The van der Waals surface area contributed by atoms with E-state index in [1.165, 1.54) is 0 Å². The lowest BCUT2D eigenvalue weighted by Crippen LogP contribution is -2.57. The fraction of sp³-hybridized carbons (Fsp3) is 0.571. The number of Topliss-reactive ketones (excluding diaryl/α,β-unsaturated/α-hetero) is 1. The lowest BCUT2D eigenvalue weighted by molar-refractivity contribution is -0.485. The van der Waals surface area contributed by atoms with Gasteiger partial charge in [-0.05, 0) is 63.0 Å². The number of nitrogens with zero attached hydrogens (tertiary/aromatic N) is 3. The molecular formula is C42H60N8O9. The third kappa shape index (κ3) is 14.4. The number of amides is 3. The van der Waals surface area contributed by atoms with Crippen molar-refractivity contribution in [2.45, 2.75) is 128 Å². The Morgan fingerprint density at radius 3 is 2.19 bits per heavy atom. The second kappa shape index (κ2) is 23.9. The van der Waals surface area contributed by atoms with Gasteiger partial charge < -0.3 is 41.8 Å². The molecule has 0 spiro atoms. The van der Waals surface area contributed by atoms with E-state index in [9.17, 15) is 34.1 Å². The van der Waals surface area contributed by atoms with Crippen molar-refractivity contribution in [1.82, 2.24) is 20.9 Å². The number of hydrogen-bond donors (Lipinski definition) is 5. The largest absolute Gasteiger partial charge is 0.459 e. The maximum atomic E-state index is 14.3. The molecular weight excluding hydrogens is 761 g/mol. The van der Waals surface area contributed by atoms with E-state index in [0.717, 1.165) is 24.0 Å². The van der Waals surface area contributed by atoms with Crippen molar-refractivity contribution in [3.63, 3.8) is 0 Å². The molecule has 2 aliphatic rings. The molecule has 59 heavy (non-hydrogen) atoms. The monoisotopic (exact) mass is 820 g/mol. The zero-order chi connectivity index (χ0) is 42.7. The maximum Gasteiger partial charge on any atom is 0.328 e. The predicted molar refractivity (Wildman–Crippen MR) is 219 cm³/mol. The van der Waals surface area contributed by atoms with Gasteiger partial charge >= 0.3 is 5.97 Å². The van der Waals surface area contributed by atoms with Gasteiger partial charge in [0.15, 0.2) is 10.8 Å². The zero-order valence-electron chi connectivity index (χ0n) is 34.1. The summed E-state index contributed by atoms with van der Waals surface area (Å²) >= 11 is 0. The van der Waals surface area contributed by atoms with Crippen LogP contribution in [0.1, 0.15) is 95.6 Å². The van der Waals surface area contributed by atoms with Gasteiger partial charge in [-0.1, -0.05) is 93.3 Å². The molecule has 0 aromatic heterocycles. The van der Waals surface area contributed by atoms with E-state index in [1.54, 1.807) is 24.0 Å². The van der Waals surface area contributed by atoms with E-state index in [1.807, 2.05) is 55.5 Å². The zero-order valence-corrected chi connectivity index (χ0v) is 34.1. The third-order valence-electron chi connectivity index (χ3n) is 10.9. The average Bonchev–Trinajstić information content (AvgIpc) is 3.94. The number of guanidine groups is 1. The molecule has 7 N–H and O–H groups in total. The summed E-state index contributed by atoms with van der Waals surface area (Å²) in [6.45, 7) is 4.48. The number of hydrazone groups is 1. The van der Waals surface area contributed by atoms with Crippen molar-refractivity contribution in [3.8, 4) is 0 Å². The van der Waals surface area contributed by atoms with E-state index >= 15 is 0 Å². The molecule has 17 heteroatoms. The number of nitro groups is 1. The highest BCUT2D eigenvalue weighted by Crippen LogP contribution is 2.36. The van der Waals surface area contributed by atoms with Crippen molar-refractivity contribution in [2.24, 2.45) is 28.4 Å². The molecule has 0 bridgehead atoms. The summed E-state index contributed by atoms with van der Waals surface area (Å²) < 4.78 is 11.4. The first kappa shape index (κ1) is 46.3. The van der Waals surface area contributed by atoms with Crippen LogP contribution >= 0.6 is 0 Å². The fourth-order valence-corrected chi connectivity index (χ4v) is 7.63. The molecule has 1 aliphatic carbocycles. The minimum Gasteiger partial charge on any atom is -0.459 e. The first-order valence-corrected chi connectivity index (χ1v) is 20.7. The SMILES string of the molecule is CCCCCC(NC(=O)C(N)C(C)OCc1ccccc1)C(=O)N1CCCC1C(=O)C1CCCC1C(=O)NC(CCCN/C(N)=N/[N+](=O)[O-])C(=O)OCc1ccccc1. The van der Waals surface area contributed by atoms with Gasteiger partial charge in [0, 0.05) is 24.9 Å². The van der Waals surface area contributed by atoms with Gasteiger partial charge in [-0.2, -0.15) is 0 Å². The molecule has 2 aromatic rings. The standard InChI is InChI=1S/C42H60N8O9/c1-3-4-7-21-33(46-39(53)36(43)28(2)58-26-29-15-8-5-9-16-29)40(54)49-25-14-23-35(49)37(51)31-19-12-20-32(31)38(52)47-34(22-13-24-45-42(44)48-50(56)57)41(55)59-27-30-17-10-6-11-18-30/h5-6,8-11,15-18,28,31-36H,3-4,7,12-14,19-27,43H2,1-2H3,(H,46,53)(H,47,52)(H3,44,45,48). The van der Waals surface area contributed by atoms with Crippen LogP contribution in [0.3, 0.4) is 0 Å². The third-order valence-corrected chi connectivity index (χ3v) is 10.9. The summed E-state index contributed by atoms with van der Waals surface area (Å²) in [7, 11) is 0. The van der Waals surface area contributed by atoms with Crippen LogP contribution in [0, 0.1) is 22.0 Å². The highest BCUT2D eigenvalue weighted by molar-refractivity contribution is 5.97. The molecule has 0 radical (unpaired) electrons. The number of benzene rings is 2. The Morgan fingerprint density at radius 2 is 1.53 bits per heavy atom. The van der Waals surface area contributed by atoms with Crippen LogP contribution in [0.2, 0.25) is 0 Å². The normalized spacial score (nSPS) is 19.9. The number of ether oxygens (including phenoxy) is 2. The Labute approximate surface area is 345 Å². The average molecular weight is 821 g/mol. The molecule has 7 atom stereocenters. The van der Waals surface area contributed by atoms with E-state index in [2.05, 4.69) is 21.1 Å². The summed E-state index contributed by atoms with van der Waals surface area (Å²) in [4.78, 5) is 81.4. The number of unbranched alkanes of at least 4 members (excludes halogenated alkanes) is 2. The quantitative estimate of drug-likeness (QED) is 0.0271. The molecule has 1 saturated heterocycles. The minimum absolute atomic E-state index is 0.0181. The lowest BCUT2D eigenvalue weighted by Gasteiger charge is -2.32. The predicted octanol–water partition coefficient (Wildman–Crippen LogP) is 3.06. The number of esters is 1. The van der Waals surface area contributed by atoms with Crippen molar-refractivity contribution < 1.29 is 38.5 Å². The summed E-state index contributed by atoms with van der Waals surface area (Å²) in [5.41, 5.74) is 13.5. The summed E-state index contributed by atoms with van der Waals surface area (Å²) in [6.07, 6.45) is 5.06. The topological polar surface area (TPSA) is 251 Å². The molecule has 1 aliphatic heterocycles. The fourth-order valence-electron chi connectivity index (χ4n) is 7.63. The first-order chi connectivity index (χ1) is 28.4. The minimum atomic E-state index is -1.08. The summed E-state index contributed by atoms with van der Waals surface area (Å²) in [6, 6.07) is 14.8. The van der Waals surface area contributed by atoms with Crippen LogP contribution in [0.5, 0.6) is 0 Å². The molecule has 1 saturated carbocycles. The van der Waals surface area contributed by atoms with Gasteiger partial charge in [0.25, 0.3) is 5.96 Å². The van der Waals surface area contributed by atoms with E-state index in [-0.39, 0.29) is 44.3 Å². The Kier molecular flexibility index (Phi) is 18.7. The van der Waals surface area contributed by atoms with Crippen LogP contribution in [0.25, 0.3) is 0 Å². The molecule has 1 heterocycles. The second-order valence-electron chi connectivity index (χ2n) is 15.3. The number of nitrogens with two attached hydrogens (primary N) is 2. The number of carbonyl (C=O) groups is 5. The molecule has 7 unspecified atom stereocenters. The Hall–Kier alpha value is -5.42. The van der Waals surface area contributed by atoms with Crippen LogP contribution in [-0.4, -0.2) is 88.7 Å². The van der Waals surface area contributed by atoms with Crippen molar-refractivity contribution in [3.05, 3.63) is 81.9 Å². The second-order valence-corrected chi connectivity index (χ2v) is 15.3. The molecule has 2 aromatic carbocycles. The summed E-state index contributed by atoms with van der Waals surface area (Å²) in [5.74, 6) is -4.03. The van der Waals surface area contributed by atoms with E-state index in [0.29, 0.717) is 51.5 Å². The molecule has 17 nitrogen and oxygen atoms in total. The number of rotatable bonds is 23. The van der Waals surface area contributed by atoms with Gasteiger partial charge in [0.1, 0.15) is 29.8 Å². The molecule has 3 amide bonds. The Morgan fingerprint density at radius 1 is 0.881 bits per heavy atom. The molecule has 322 valence electrons. The summed E-state index contributed by atoms with van der Waals surface area (Å²) in [5, 5.41) is 21.0. The smallest absolute Gasteiger partial charge is 0.328 e. The van der Waals surface area contributed by atoms with Crippen LogP contribution < -0.4 is 27.4 Å². The number of hydrogen-bond acceptors (Lipinski definition) is 10. The van der Waals surface area contributed by atoms with Crippen molar-refractivity contribution in [1.29, 1.82) is 0 Å². The highest BCUT2D eigenvalue weighted by atomic mass is 16.7. The van der Waals surface area contributed by atoms with Crippen LogP contribution in [0.15, 0.2) is 65.8 Å². The lowest BCUT2D eigenvalue weighted by atomic mass is 9.86. The highest BCUT2D eigenvalue weighted by Gasteiger charge is 2.46. The Balaban J connectivity index is 1.41. The molecule has 2 fully saturated rings. The van der Waals surface area contributed by atoms with Crippen molar-refractivity contribution in [2.75, 3.05) is 13.1 Å². The molecule has 4 rings (SSSR count). The van der Waals surface area contributed by atoms with E-state index in [4.69, 9.17) is 20.9 Å². The maximum absolute atomic E-state index is 14.3. The van der Waals surface area contributed by atoms with Crippen LogP contribution in [0.4, 0.5) is 0 Å². The van der Waals surface area contributed by atoms with Gasteiger partial charge in [0.05, 0.1) is 18.8 Å². The van der Waals surface area contributed by atoms with Gasteiger partial charge in [0.2, 0.25) is 17.7 Å². The number of carbonyl (C=O) groups excluding carboxylic acids is 5. The van der Waals surface area contributed by atoms with E-state index < -0.39 is 70.9 Å². The van der Waals surface area contributed by atoms with Gasteiger partial charge in [-0.25, -0.2) is 14.9 Å². The van der Waals surface area contributed by atoms with Gasteiger partial charge in [-0.15, -0.1) is 0 Å². The Bertz CT molecular complexity index is 1730. The number of ketones is 1. The number of nitrogens with one attached hydrogen (secondary N) is 3. The van der Waals surface area contributed by atoms with Crippen molar-refractivity contribution >= 4 is 35.4 Å². The van der Waals surface area contributed by atoms with Crippen LogP contribution in [-0.2, 0) is 46.7 Å². The number of likely N-dealkylation sites (tertiary alicyclic amines) is 1. The van der Waals surface area contributed by atoms with Gasteiger partial charge in [-0.3, -0.25) is 19.2 Å². The first-order valence-electron chi connectivity index (χ1n) is 20.7.